The molecule has 30 heavy (non-hydrogen) atoms. The minimum Gasteiger partial charge on any atom is -0.465 e. The normalized spacial score (nSPS) is 11.1. The fourth-order valence-electron chi connectivity index (χ4n) is 2.43. The van der Waals surface area contributed by atoms with Gasteiger partial charge in [-0.25, -0.2) is 4.79 Å². The molecule has 0 saturated heterocycles. The van der Waals surface area contributed by atoms with E-state index in [0.29, 0.717) is 23.7 Å². The SMILES string of the molecule is C=C(Br)CC(CC#CC(CCCC#CC(=O)OC)OC)(C(=O)OCC)C(=O)OCC. The van der Waals surface area contributed by atoms with Crippen molar-refractivity contribution in [2.24, 2.45) is 5.41 Å². The summed E-state index contributed by atoms with van der Waals surface area (Å²) in [6, 6.07) is 0. The number of halogens is 1. The number of carbonyl (C=O) groups excluding carboxylic acids is 3. The first kappa shape index (κ1) is 27.7. The Labute approximate surface area is 187 Å². The molecule has 0 amide bonds. The van der Waals surface area contributed by atoms with Crippen LogP contribution in [0.25, 0.3) is 0 Å². The molecule has 0 spiro atoms. The van der Waals surface area contributed by atoms with Gasteiger partial charge < -0.3 is 18.9 Å². The van der Waals surface area contributed by atoms with Gasteiger partial charge in [0.25, 0.3) is 0 Å². The van der Waals surface area contributed by atoms with Gasteiger partial charge in [-0.15, -0.1) is 0 Å². The Kier molecular flexibility index (Phi) is 14.4. The highest BCUT2D eigenvalue weighted by atomic mass is 79.9. The molecule has 0 aliphatic rings. The number of unbranched alkanes of at least 4 members (excludes halogenated alkanes) is 1. The van der Waals surface area contributed by atoms with Crippen molar-refractivity contribution in [1.82, 2.24) is 0 Å². The minimum atomic E-state index is -1.61. The maximum Gasteiger partial charge on any atom is 0.384 e. The van der Waals surface area contributed by atoms with Crippen molar-refractivity contribution in [3.05, 3.63) is 11.1 Å². The summed E-state index contributed by atoms with van der Waals surface area (Å²) in [4.78, 5) is 36.2. The Morgan fingerprint density at radius 2 is 1.67 bits per heavy atom. The molecule has 166 valence electrons. The molecule has 0 aliphatic carbocycles. The lowest BCUT2D eigenvalue weighted by molar-refractivity contribution is -0.171. The Bertz CT molecular complexity index is 703. The Hall–Kier alpha value is -2.29. The standard InChI is InChI=1S/C22H29BrO7/c1-6-29-20(25)22(16-17(3)23,21(26)30-7-2)15-11-13-18(27-4)12-9-8-10-14-19(24)28-5/h18H,3,6-9,12,15-16H2,1-2,4-5H3. The highest BCUT2D eigenvalue weighted by Gasteiger charge is 2.48. The zero-order valence-corrected chi connectivity index (χ0v) is 19.6. The lowest BCUT2D eigenvalue weighted by Crippen LogP contribution is -2.42. The Morgan fingerprint density at radius 1 is 1.07 bits per heavy atom. The fraction of sp³-hybridized carbons (Fsp3) is 0.591. The Balaban J connectivity index is 5.35. The van der Waals surface area contributed by atoms with Gasteiger partial charge in [-0.3, -0.25) is 9.59 Å². The van der Waals surface area contributed by atoms with Crippen molar-refractivity contribution in [3.8, 4) is 23.7 Å². The van der Waals surface area contributed by atoms with Crippen molar-refractivity contribution in [2.75, 3.05) is 27.4 Å². The van der Waals surface area contributed by atoms with E-state index in [1.54, 1.807) is 13.8 Å². The lowest BCUT2D eigenvalue weighted by atomic mass is 9.81. The zero-order chi connectivity index (χ0) is 23.0. The molecule has 8 heteroatoms. The van der Waals surface area contributed by atoms with Crippen LogP contribution in [-0.4, -0.2) is 51.4 Å². The first-order valence-corrected chi connectivity index (χ1v) is 10.3. The predicted octanol–water partition coefficient (Wildman–Crippen LogP) is 3.15. The molecule has 0 aromatic heterocycles. The third kappa shape index (κ3) is 9.96. The first-order valence-electron chi connectivity index (χ1n) is 9.53. The fourth-order valence-corrected chi connectivity index (χ4v) is 2.91. The number of carbonyl (C=O) groups is 3. The molecule has 1 unspecified atom stereocenters. The summed E-state index contributed by atoms with van der Waals surface area (Å²) in [5.74, 6) is 8.88. The smallest absolute Gasteiger partial charge is 0.384 e. The highest BCUT2D eigenvalue weighted by Crippen LogP contribution is 2.35. The van der Waals surface area contributed by atoms with E-state index in [4.69, 9.17) is 14.2 Å². The lowest BCUT2D eigenvalue weighted by Gasteiger charge is -2.27. The van der Waals surface area contributed by atoms with E-state index in [1.165, 1.54) is 14.2 Å². The van der Waals surface area contributed by atoms with Gasteiger partial charge in [0.05, 0.1) is 20.3 Å². The maximum atomic E-state index is 12.6. The summed E-state index contributed by atoms with van der Waals surface area (Å²) in [7, 11) is 2.79. The molecule has 0 N–H and O–H groups in total. The third-order valence-corrected chi connectivity index (χ3v) is 4.19. The quantitative estimate of drug-likeness (QED) is 0.111. The summed E-state index contributed by atoms with van der Waals surface area (Å²) in [5.41, 5.74) is -1.61. The molecule has 0 fully saturated rings. The molecule has 7 nitrogen and oxygen atoms in total. The minimum absolute atomic E-state index is 0.000112. The average Bonchev–Trinajstić information content (AvgIpc) is 2.70. The number of allylic oxidation sites excluding steroid dienone is 1. The molecule has 0 aromatic carbocycles. The van der Waals surface area contributed by atoms with Crippen LogP contribution in [0.5, 0.6) is 0 Å². The van der Waals surface area contributed by atoms with E-state index in [1.807, 2.05) is 0 Å². The van der Waals surface area contributed by atoms with Gasteiger partial charge in [-0.05, 0) is 31.2 Å². The maximum absolute atomic E-state index is 12.6. The van der Waals surface area contributed by atoms with Gasteiger partial charge in [0.15, 0.2) is 5.41 Å². The number of hydrogen-bond donors (Lipinski definition) is 0. The molecule has 0 heterocycles. The van der Waals surface area contributed by atoms with Gasteiger partial charge in [-0.1, -0.05) is 40.3 Å². The van der Waals surface area contributed by atoms with E-state index in [9.17, 15) is 14.4 Å². The van der Waals surface area contributed by atoms with Gasteiger partial charge in [0.2, 0.25) is 0 Å². The molecule has 0 bridgehead atoms. The van der Waals surface area contributed by atoms with Crippen molar-refractivity contribution in [1.29, 1.82) is 0 Å². The predicted molar refractivity (Wildman–Crippen MR) is 115 cm³/mol. The van der Waals surface area contributed by atoms with Crippen LogP contribution in [0, 0.1) is 29.1 Å². The number of ether oxygens (including phenoxy) is 4. The molecule has 0 rings (SSSR count). The van der Waals surface area contributed by atoms with Gasteiger partial charge in [0.1, 0.15) is 6.10 Å². The first-order chi connectivity index (χ1) is 14.3. The van der Waals surface area contributed by atoms with Crippen molar-refractivity contribution in [2.45, 2.75) is 52.1 Å². The molecular weight excluding hydrogens is 456 g/mol. The van der Waals surface area contributed by atoms with E-state index in [2.05, 4.69) is 50.9 Å². The molecule has 0 aliphatic heterocycles. The number of methoxy groups -OCH3 is 2. The second kappa shape index (κ2) is 15.5. The molecular formula is C22H29BrO7. The van der Waals surface area contributed by atoms with Gasteiger partial charge >= 0.3 is 17.9 Å². The van der Waals surface area contributed by atoms with Gasteiger partial charge in [-0.2, -0.15) is 0 Å². The third-order valence-electron chi connectivity index (χ3n) is 3.91. The molecule has 1 atom stereocenters. The van der Waals surface area contributed by atoms with Gasteiger partial charge in [0, 0.05) is 32.3 Å². The number of rotatable bonds is 11. The summed E-state index contributed by atoms with van der Waals surface area (Å²) < 4.78 is 20.5. The van der Waals surface area contributed by atoms with E-state index in [0.717, 1.165) is 0 Å². The molecule has 0 saturated carbocycles. The van der Waals surface area contributed by atoms with Crippen LogP contribution < -0.4 is 0 Å². The van der Waals surface area contributed by atoms with Crippen molar-refractivity contribution in [3.63, 3.8) is 0 Å². The summed E-state index contributed by atoms with van der Waals surface area (Å²) in [6.45, 7) is 7.30. The summed E-state index contributed by atoms with van der Waals surface area (Å²) >= 11 is 3.22. The second-order valence-electron chi connectivity index (χ2n) is 6.12. The average molecular weight is 485 g/mol. The van der Waals surface area contributed by atoms with E-state index < -0.39 is 29.4 Å². The van der Waals surface area contributed by atoms with Crippen LogP contribution in [0.1, 0.15) is 46.0 Å². The Morgan fingerprint density at radius 3 is 2.13 bits per heavy atom. The van der Waals surface area contributed by atoms with E-state index >= 15 is 0 Å². The number of esters is 3. The van der Waals surface area contributed by atoms with E-state index in [-0.39, 0.29) is 26.1 Å². The van der Waals surface area contributed by atoms with Crippen molar-refractivity contribution < 1.29 is 33.3 Å². The van der Waals surface area contributed by atoms with Crippen LogP contribution in [-0.2, 0) is 33.3 Å². The summed E-state index contributed by atoms with van der Waals surface area (Å²) in [5, 5.41) is 0. The van der Waals surface area contributed by atoms with Crippen LogP contribution in [0.2, 0.25) is 0 Å². The van der Waals surface area contributed by atoms with Crippen LogP contribution in [0.3, 0.4) is 0 Å². The topological polar surface area (TPSA) is 88.1 Å². The molecule has 0 aromatic rings. The van der Waals surface area contributed by atoms with Crippen molar-refractivity contribution >= 4 is 33.8 Å². The highest BCUT2D eigenvalue weighted by molar-refractivity contribution is 9.11. The summed E-state index contributed by atoms with van der Waals surface area (Å²) in [6.07, 6.45) is 1.18. The molecule has 0 radical (unpaired) electrons. The largest absolute Gasteiger partial charge is 0.465 e. The van der Waals surface area contributed by atoms with Crippen LogP contribution in [0.15, 0.2) is 11.1 Å². The van der Waals surface area contributed by atoms with Crippen LogP contribution in [0.4, 0.5) is 0 Å². The number of hydrogen-bond acceptors (Lipinski definition) is 7. The second-order valence-corrected chi connectivity index (χ2v) is 7.25. The zero-order valence-electron chi connectivity index (χ0n) is 18.0. The van der Waals surface area contributed by atoms with Crippen LogP contribution >= 0.6 is 15.9 Å². The monoisotopic (exact) mass is 484 g/mol.